The molecular formula is C18H17N2NaO7S. The van der Waals surface area contributed by atoms with Crippen molar-refractivity contribution in [2.24, 2.45) is 0 Å². The van der Waals surface area contributed by atoms with Gasteiger partial charge in [-0.2, -0.15) is 0 Å². The summed E-state index contributed by atoms with van der Waals surface area (Å²) in [5.74, 6) is -3.42. The number of carbonyl (C=O) groups is 4. The molecule has 0 aromatic heterocycles. The number of carbonyl (C=O) groups excluding carboxylic acids is 4. The number of fused-ring (bicyclic) bond motifs is 1. The topological polar surface area (TPSA) is 127 Å². The molecule has 9 nitrogen and oxygen atoms in total. The molecule has 29 heavy (non-hydrogen) atoms. The van der Waals surface area contributed by atoms with Gasteiger partial charge in [-0.25, -0.2) is 5.06 Å². The van der Waals surface area contributed by atoms with Crippen LogP contribution in [0.3, 0.4) is 0 Å². The maximum atomic E-state index is 12.5. The molecule has 0 unspecified atom stereocenters. The van der Waals surface area contributed by atoms with Gasteiger partial charge in [0.25, 0.3) is 11.8 Å². The summed E-state index contributed by atoms with van der Waals surface area (Å²) in [5.41, 5.74) is 0.518. The van der Waals surface area contributed by atoms with E-state index in [1.54, 1.807) is 30.3 Å². The van der Waals surface area contributed by atoms with Gasteiger partial charge in [0.05, 0.1) is 18.1 Å². The molecule has 1 aromatic carbocycles. The summed E-state index contributed by atoms with van der Waals surface area (Å²) in [6.45, 7) is 0.910. The van der Waals surface area contributed by atoms with Crippen molar-refractivity contribution in [1.82, 2.24) is 9.96 Å². The van der Waals surface area contributed by atoms with E-state index in [-0.39, 0.29) is 59.6 Å². The molecule has 1 N–H and O–H groups in total. The molecule has 2 amide bonds. The maximum absolute atomic E-state index is 12.5. The number of hydrogen-bond acceptors (Lipinski definition) is 8. The molecule has 0 saturated carbocycles. The van der Waals surface area contributed by atoms with Gasteiger partial charge in [-0.05, 0) is 5.56 Å². The zero-order chi connectivity index (χ0) is 20.4. The fourth-order valence-corrected chi connectivity index (χ4v) is 4.41. The Labute approximate surface area is 192 Å². The number of carboxylic acids is 1. The normalized spacial score (nSPS) is 20.2. The first kappa shape index (κ1) is 23.4. The first-order chi connectivity index (χ1) is 13.3. The van der Waals surface area contributed by atoms with Crippen LogP contribution in [-0.2, 0) is 30.3 Å². The summed E-state index contributed by atoms with van der Waals surface area (Å²) in [4.78, 5) is 48.3. The SMILES string of the molecule is CC(=O)OCC1=C(C(=O)[O-])N2C(=O)[C@@H](N(O)C(=O)Cc3ccccc3)[C@H]2SC1.[Na+]. The van der Waals surface area contributed by atoms with Crippen molar-refractivity contribution in [3.8, 4) is 0 Å². The Balaban J connectivity index is 0.00000300. The van der Waals surface area contributed by atoms with Crippen LogP contribution in [0.25, 0.3) is 0 Å². The molecule has 1 fully saturated rings. The van der Waals surface area contributed by atoms with Gasteiger partial charge < -0.3 is 14.6 Å². The summed E-state index contributed by atoms with van der Waals surface area (Å²) < 4.78 is 4.83. The van der Waals surface area contributed by atoms with Crippen molar-refractivity contribution in [3.63, 3.8) is 0 Å². The van der Waals surface area contributed by atoms with Crippen molar-refractivity contribution >= 4 is 35.5 Å². The molecule has 0 bridgehead atoms. The quantitative estimate of drug-likeness (QED) is 0.161. The first-order valence-corrected chi connectivity index (χ1v) is 9.42. The Bertz CT molecular complexity index is 861. The van der Waals surface area contributed by atoms with Crippen LogP contribution in [0.4, 0.5) is 0 Å². The van der Waals surface area contributed by atoms with E-state index >= 15 is 0 Å². The Hall–Kier alpha value is -1.85. The minimum atomic E-state index is -1.58. The van der Waals surface area contributed by atoms with E-state index in [2.05, 4.69) is 0 Å². The van der Waals surface area contributed by atoms with E-state index in [9.17, 15) is 29.5 Å². The van der Waals surface area contributed by atoms with Crippen molar-refractivity contribution < 1.29 is 63.8 Å². The van der Waals surface area contributed by atoms with Crippen molar-refractivity contribution in [3.05, 3.63) is 47.2 Å². The van der Waals surface area contributed by atoms with E-state index in [0.717, 1.165) is 4.90 Å². The summed E-state index contributed by atoms with van der Waals surface area (Å²) in [6, 6.07) is 7.53. The fourth-order valence-electron chi connectivity index (χ4n) is 3.05. The predicted molar refractivity (Wildman–Crippen MR) is 94.3 cm³/mol. The van der Waals surface area contributed by atoms with E-state index in [0.29, 0.717) is 10.6 Å². The first-order valence-electron chi connectivity index (χ1n) is 8.37. The summed E-state index contributed by atoms with van der Waals surface area (Å²) in [5, 5.41) is 21.4. The third-order valence-corrected chi connectivity index (χ3v) is 5.70. The van der Waals surface area contributed by atoms with Crippen LogP contribution in [0.5, 0.6) is 0 Å². The van der Waals surface area contributed by atoms with Gasteiger partial charge in [-0.1, -0.05) is 30.3 Å². The molecule has 1 aromatic rings. The summed E-state index contributed by atoms with van der Waals surface area (Å²) >= 11 is 1.17. The van der Waals surface area contributed by atoms with Gasteiger partial charge in [0, 0.05) is 18.2 Å². The zero-order valence-corrected chi connectivity index (χ0v) is 18.7. The van der Waals surface area contributed by atoms with Gasteiger partial charge in [0.2, 0.25) is 0 Å². The number of ether oxygens (including phenoxy) is 1. The molecule has 2 aliphatic rings. The van der Waals surface area contributed by atoms with Gasteiger partial charge in [0.1, 0.15) is 12.0 Å². The Morgan fingerprint density at radius 1 is 1.31 bits per heavy atom. The number of aliphatic carboxylic acids is 1. The third kappa shape index (κ3) is 4.84. The van der Waals surface area contributed by atoms with E-state index in [1.165, 1.54) is 18.7 Å². The van der Waals surface area contributed by atoms with E-state index in [4.69, 9.17) is 4.74 Å². The summed E-state index contributed by atoms with van der Waals surface area (Å²) in [7, 11) is 0. The second-order valence-electron chi connectivity index (χ2n) is 6.28. The second-order valence-corrected chi connectivity index (χ2v) is 7.38. The number of amides is 2. The van der Waals surface area contributed by atoms with Crippen LogP contribution in [0, 0.1) is 0 Å². The molecule has 0 spiro atoms. The van der Waals surface area contributed by atoms with Crippen molar-refractivity contribution in [2.75, 3.05) is 12.4 Å². The van der Waals surface area contributed by atoms with Gasteiger partial charge >= 0.3 is 35.5 Å². The number of nitrogens with zero attached hydrogens (tertiary/aromatic N) is 2. The average molecular weight is 428 g/mol. The molecule has 2 atom stereocenters. The van der Waals surface area contributed by atoms with E-state index in [1.807, 2.05) is 0 Å². The molecule has 2 aliphatic heterocycles. The van der Waals surface area contributed by atoms with Crippen LogP contribution in [0.15, 0.2) is 41.6 Å². The van der Waals surface area contributed by atoms with Gasteiger partial charge in [-0.15, -0.1) is 11.8 Å². The van der Waals surface area contributed by atoms with Gasteiger partial charge in [0.15, 0.2) is 6.04 Å². The largest absolute Gasteiger partial charge is 1.00 e. The number of hydroxylamine groups is 2. The number of hydrogen-bond donors (Lipinski definition) is 1. The van der Waals surface area contributed by atoms with Crippen LogP contribution in [-0.4, -0.2) is 62.7 Å². The molecule has 148 valence electrons. The molecular weight excluding hydrogens is 411 g/mol. The zero-order valence-electron chi connectivity index (χ0n) is 15.9. The Kier molecular flexibility index (Phi) is 7.89. The molecule has 0 aliphatic carbocycles. The van der Waals surface area contributed by atoms with Crippen LogP contribution in [0.2, 0.25) is 0 Å². The molecule has 2 heterocycles. The minimum absolute atomic E-state index is 0. The molecule has 11 heteroatoms. The number of β-lactam (4-membered cyclic amide) rings is 1. The predicted octanol–water partition coefficient (Wildman–Crippen LogP) is -3.70. The smallest absolute Gasteiger partial charge is 0.543 e. The van der Waals surface area contributed by atoms with Crippen LogP contribution in [0.1, 0.15) is 12.5 Å². The number of esters is 1. The minimum Gasteiger partial charge on any atom is -0.543 e. The molecule has 3 rings (SSSR count). The van der Waals surface area contributed by atoms with Gasteiger partial charge in [-0.3, -0.25) is 24.5 Å². The number of carboxylic acid groups (broad SMARTS) is 1. The Morgan fingerprint density at radius 3 is 2.55 bits per heavy atom. The molecule has 0 radical (unpaired) electrons. The van der Waals surface area contributed by atoms with Crippen molar-refractivity contribution in [1.29, 1.82) is 0 Å². The van der Waals surface area contributed by atoms with Crippen LogP contribution < -0.4 is 34.7 Å². The molecule has 1 saturated heterocycles. The van der Waals surface area contributed by atoms with E-state index < -0.39 is 35.2 Å². The number of thioether (sulfide) groups is 1. The second kappa shape index (κ2) is 9.77. The van der Waals surface area contributed by atoms with Crippen LogP contribution >= 0.6 is 11.8 Å². The fraction of sp³-hybridized carbons (Fsp3) is 0.333. The monoisotopic (exact) mass is 428 g/mol. The standard InChI is InChI=1S/C18H18N2O7S.Na/c1-10(21)27-8-12-9-28-17-15(16(23)19(17)14(12)18(24)25)20(26)13(22)7-11-5-3-2-4-6-11;/h2-6,15,17,26H,7-9H2,1H3,(H,24,25);/q;+1/p-1/t15-,17-;/m1./s1. The Morgan fingerprint density at radius 2 is 1.97 bits per heavy atom. The maximum Gasteiger partial charge on any atom is 1.00 e. The van der Waals surface area contributed by atoms with Crippen molar-refractivity contribution in [2.45, 2.75) is 24.8 Å². The third-order valence-electron chi connectivity index (χ3n) is 4.38. The number of rotatable bonds is 6. The average Bonchev–Trinajstić information content (AvgIpc) is 2.66. The summed E-state index contributed by atoms with van der Waals surface area (Å²) in [6.07, 6.45) is -0.0978. The number of benzene rings is 1.